The van der Waals surface area contributed by atoms with E-state index in [2.05, 4.69) is 27.2 Å². The summed E-state index contributed by atoms with van der Waals surface area (Å²) in [7, 11) is -3.53. The molecule has 0 saturated carbocycles. The van der Waals surface area contributed by atoms with Crippen molar-refractivity contribution in [2.75, 3.05) is 12.3 Å². The number of nitrogen functional groups attached to an aromatic ring is 1. The summed E-state index contributed by atoms with van der Waals surface area (Å²) in [4.78, 5) is 0.278. The highest BCUT2D eigenvalue weighted by Crippen LogP contribution is 2.22. The fourth-order valence-electron chi connectivity index (χ4n) is 1.65. The number of nitrogens with one attached hydrogen (secondary N) is 1. The maximum absolute atomic E-state index is 12.1. The number of anilines is 1. The van der Waals surface area contributed by atoms with E-state index in [9.17, 15) is 8.42 Å². The fourth-order valence-corrected chi connectivity index (χ4v) is 3.45. The smallest absolute Gasteiger partial charge is 0.241 e. The number of hydrogen-bond acceptors (Lipinski definition) is 3. The van der Waals surface area contributed by atoms with Gasteiger partial charge in [0, 0.05) is 16.7 Å². The summed E-state index contributed by atoms with van der Waals surface area (Å²) in [6, 6.07) is 3.29. The van der Waals surface area contributed by atoms with Crippen LogP contribution in [0.4, 0.5) is 5.69 Å². The average molecular weight is 319 g/mol. The molecule has 0 unspecified atom stereocenters. The van der Waals surface area contributed by atoms with Crippen LogP contribution in [-0.4, -0.2) is 15.0 Å². The van der Waals surface area contributed by atoms with Crippen LogP contribution < -0.4 is 10.5 Å². The topological polar surface area (TPSA) is 72.2 Å². The van der Waals surface area contributed by atoms with Crippen LogP contribution in [0.15, 0.2) is 28.1 Å². The van der Waals surface area contributed by atoms with Crippen molar-refractivity contribution in [3.8, 4) is 0 Å². The Morgan fingerprint density at radius 3 is 2.29 bits per heavy atom. The first kappa shape index (κ1) is 14.2. The van der Waals surface area contributed by atoms with Gasteiger partial charge in [0.25, 0.3) is 0 Å². The molecule has 0 fully saturated rings. The highest BCUT2D eigenvalue weighted by atomic mass is 79.9. The zero-order chi connectivity index (χ0) is 13.2. The highest BCUT2D eigenvalue weighted by molar-refractivity contribution is 9.11. The van der Waals surface area contributed by atoms with E-state index in [1.165, 1.54) is 0 Å². The lowest BCUT2D eigenvalue weighted by Crippen LogP contribution is -2.26. The van der Waals surface area contributed by atoms with Crippen molar-refractivity contribution in [2.24, 2.45) is 0 Å². The summed E-state index contributed by atoms with van der Waals surface area (Å²) in [6.45, 7) is 7.19. The summed E-state index contributed by atoms with van der Waals surface area (Å²) < 4.78 is 27.2. The molecule has 0 amide bonds. The van der Waals surface area contributed by atoms with Gasteiger partial charge >= 0.3 is 0 Å². The van der Waals surface area contributed by atoms with Crippen LogP contribution in [0.2, 0.25) is 0 Å². The van der Waals surface area contributed by atoms with Gasteiger partial charge in [-0.2, -0.15) is 0 Å². The summed E-state index contributed by atoms with van der Waals surface area (Å²) >= 11 is 3.11. The van der Waals surface area contributed by atoms with Crippen molar-refractivity contribution in [3.05, 3.63) is 34.3 Å². The SMILES string of the molecule is C=C(Br)CNS(=O)(=O)c1c(C)cc(N)cc1C. The first-order valence-electron chi connectivity index (χ1n) is 4.93. The third-order valence-corrected chi connectivity index (χ3v) is 4.19. The van der Waals surface area contributed by atoms with Crippen molar-refractivity contribution < 1.29 is 8.42 Å². The summed E-state index contributed by atoms with van der Waals surface area (Å²) in [5.74, 6) is 0. The number of rotatable bonds is 4. The van der Waals surface area contributed by atoms with E-state index in [-0.39, 0.29) is 11.4 Å². The number of benzene rings is 1. The van der Waals surface area contributed by atoms with Crippen LogP contribution in [0.5, 0.6) is 0 Å². The quantitative estimate of drug-likeness (QED) is 0.835. The molecule has 1 aromatic rings. The number of sulfonamides is 1. The molecule has 4 nitrogen and oxygen atoms in total. The molecule has 0 aliphatic rings. The monoisotopic (exact) mass is 318 g/mol. The van der Waals surface area contributed by atoms with E-state index in [1.54, 1.807) is 26.0 Å². The number of aryl methyl sites for hydroxylation is 2. The predicted molar refractivity (Wildman–Crippen MR) is 73.6 cm³/mol. The standard InChI is InChI=1S/C11H15BrN2O2S/c1-7-4-10(13)5-8(2)11(7)17(15,16)14-6-9(3)12/h4-5,14H,3,6,13H2,1-2H3. The van der Waals surface area contributed by atoms with E-state index >= 15 is 0 Å². The highest BCUT2D eigenvalue weighted by Gasteiger charge is 2.19. The van der Waals surface area contributed by atoms with E-state index in [1.807, 2.05) is 0 Å². The van der Waals surface area contributed by atoms with Gasteiger partial charge in [0.05, 0.1) is 4.90 Å². The summed E-state index contributed by atoms with van der Waals surface area (Å²) in [5, 5.41) is 0. The van der Waals surface area contributed by atoms with Crippen molar-refractivity contribution in [1.29, 1.82) is 0 Å². The zero-order valence-electron chi connectivity index (χ0n) is 9.75. The Morgan fingerprint density at radius 2 is 1.88 bits per heavy atom. The van der Waals surface area contributed by atoms with Crippen LogP contribution in [-0.2, 0) is 10.0 Å². The van der Waals surface area contributed by atoms with Gasteiger partial charge in [-0.05, 0) is 37.1 Å². The largest absolute Gasteiger partial charge is 0.399 e. The van der Waals surface area contributed by atoms with Gasteiger partial charge in [-0.15, -0.1) is 0 Å². The minimum Gasteiger partial charge on any atom is -0.399 e. The first-order chi connectivity index (χ1) is 7.74. The van der Waals surface area contributed by atoms with E-state index in [0.29, 0.717) is 21.3 Å². The van der Waals surface area contributed by atoms with Gasteiger partial charge in [0.1, 0.15) is 0 Å². The van der Waals surface area contributed by atoms with E-state index in [0.717, 1.165) is 0 Å². The van der Waals surface area contributed by atoms with Crippen molar-refractivity contribution in [3.63, 3.8) is 0 Å². The van der Waals surface area contributed by atoms with Crippen LogP contribution >= 0.6 is 15.9 Å². The van der Waals surface area contributed by atoms with Crippen molar-refractivity contribution in [2.45, 2.75) is 18.7 Å². The van der Waals surface area contributed by atoms with Crippen molar-refractivity contribution in [1.82, 2.24) is 4.72 Å². The summed E-state index contributed by atoms with van der Waals surface area (Å²) in [5.41, 5.74) is 7.48. The molecule has 0 spiro atoms. The Hall–Kier alpha value is -0.850. The maximum Gasteiger partial charge on any atom is 0.241 e. The molecule has 0 aliphatic carbocycles. The van der Waals surface area contributed by atoms with Gasteiger partial charge in [0.15, 0.2) is 0 Å². The van der Waals surface area contributed by atoms with Gasteiger partial charge in [-0.1, -0.05) is 22.5 Å². The second-order valence-corrected chi connectivity index (χ2v) is 6.65. The normalized spacial score (nSPS) is 11.5. The van der Waals surface area contributed by atoms with Gasteiger partial charge in [0.2, 0.25) is 10.0 Å². The predicted octanol–water partition coefficient (Wildman–Crippen LogP) is 2.07. The van der Waals surface area contributed by atoms with Crippen molar-refractivity contribution >= 4 is 31.6 Å². The molecule has 0 saturated heterocycles. The Kier molecular flexibility index (Phi) is 4.35. The van der Waals surface area contributed by atoms with Gasteiger partial charge < -0.3 is 5.73 Å². The summed E-state index contributed by atoms with van der Waals surface area (Å²) in [6.07, 6.45) is 0. The molecule has 0 aromatic heterocycles. The molecule has 0 aliphatic heterocycles. The van der Waals surface area contributed by atoms with Crippen LogP contribution in [0.3, 0.4) is 0 Å². The Labute approximate surface area is 110 Å². The Balaban J connectivity index is 3.20. The molecule has 17 heavy (non-hydrogen) atoms. The molecule has 1 aromatic carbocycles. The zero-order valence-corrected chi connectivity index (χ0v) is 12.2. The lowest BCUT2D eigenvalue weighted by molar-refractivity contribution is 0.584. The number of nitrogens with two attached hydrogens (primary N) is 1. The molecule has 0 bridgehead atoms. The minimum absolute atomic E-state index is 0.158. The maximum atomic E-state index is 12.1. The molecule has 0 radical (unpaired) electrons. The Bertz CT molecular complexity index is 530. The fraction of sp³-hybridized carbons (Fsp3) is 0.273. The lowest BCUT2D eigenvalue weighted by atomic mass is 10.1. The third kappa shape index (κ3) is 3.55. The van der Waals surface area contributed by atoms with E-state index in [4.69, 9.17) is 5.73 Å². The average Bonchev–Trinajstić information content (AvgIpc) is 2.12. The molecule has 0 heterocycles. The lowest BCUT2D eigenvalue weighted by Gasteiger charge is -2.12. The molecular weight excluding hydrogens is 304 g/mol. The minimum atomic E-state index is -3.53. The Morgan fingerprint density at radius 1 is 1.41 bits per heavy atom. The molecular formula is C11H15BrN2O2S. The molecule has 94 valence electrons. The molecule has 1 rings (SSSR count). The van der Waals surface area contributed by atoms with Crippen LogP contribution in [0.25, 0.3) is 0 Å². The van der Waals surface area contributed by atoms with Crippen LogP contribution in [0.1, 0.15) is 11.1 Å². The van der Waals surface area contributed by atoms with E-state index < -0.39 is 10.0 Å². The molecule has 3 N–H and O–H groups in total. The number of halogens is 1. The number of hydrogen-bond donors (Lipinski definition) is 2. The molecule has 6 heteroatoms. The molecule has 0 atom stereocenters. The third-order valence-electron chi connectivity index (χ3n) is 2.21. The second-order valence-electron chi connectivity index (χ2n) is 3.83. The second kappa shape index (κ2) is 5.20. The van der Waals surface area contributed by atoms with Gasteiger partial charge in [-0.3, -0.25) is 0 Å². The first-order valence-corrected chi connectivity index (χ1v) is 7.21. The van der Waals surface area contributed by atoms with Gasteiger partial charge in [-0.25, -0.2) is 13.1 Å². The van der Waals surface area contributed by atoms with Crippen LogP contribution in [0, 0.1) is 13.8 Å².